The molecule has 0 unspecified atom stereocenters. The molecule has 0 spiro atoms. The van der Waals surface area contributed by atoms with E-state index in [9.17, 15) is 0 Å². The second-order valence-electron chi connectivity index (χ2n) is 2.31. The first-order chi connectivity index (χ1) is 4.63. The van der Waals surface area contributed by atoms with E-state index in [1.54, 1.807) is 0 Å². The van der Waals surface area contributed by atoms with Crippen molar-refractivity contribution in [2.75, 3.05) is 14.1 Å². The molecule has 2 nitrogen and oxygen atoms in total. The molecule has 0 bridgehead atoms. The van der Waals surface area contributed by atoms with Gasteiger partial charge in [0, 0.05) is 25.5 Å². The first-order valence-corrected chi connectivity index (χ1v) is 3.42. The summed E-state index contributed by atoms with van der Waals surface area (Å²) in [6, 6.07) is 0. The van der Waals surface area contributed by atoms with E-state index in [-0.39, 0.29) is 0 Å². The van der Waals surface area contributed by atoms with Crippen molar-refractivity contribution in [3.05, 3.63) is 11.3 Å². The maximum Gasteiger partial charge on any atom is 0.0360 e. The molecule has 0 heterocycles. The number of rotatable bonds is 2. The molecule has 0 radical (unpaired) electrons. The average molecular weight is 140 g/mol. The van der Waals surface area contributed by atoms with Crippen molar-refractivity contribution in [1.29, 1.82) is 0 Å². The fourth-order valence-corrected chi connectivity index (χ4v) is 0.627. The number of nitrogens with zero attached hydrogens (tertiary/aromatic N) is 1. The van der Waals surface area contributed by atoms with E-state index in [0.717, 1.165) is 5.71 Å². The average Bonchev–Trinajstić information content (AvgIpc) is 2.00. The van der Waals surface area contributed by atoms with Crippen LogP contribution in [0.1, 0.15) is 20.8 Å². The summed E-state index contributed by atoms with van der Waals surface area (Å²) in [5.41, 5.74) is 3.50. The SMILES string of the molecule is C/N=C(C)\C(C)=C(/C)NC. The minimum atomic E-state index is 1.09. The highest BCUT2D eigenvalue weighted by molar-refractivity contribution is 5.98. The summed E-state index contributed by atoms with van der Waals surface area (Å²) >= 11 is 0. The van der Waals surface area contributed by atoms with Gasteiger partial charge in [0.2, 0.25) is 0 Å². The third kappa shape index (κ3) is 2.21. The summed E-state index contributed by atoms with van der Waals surface area (Å²) in [5, 5.41) is 3.08. The van der Waals surface area contributed by atoms with E-state index in [2.05, 4.69) is 17.2 Å². The smallest absolute Gasteiger partial charge is 0.0360 e. The molecule has 0 aliphatic carbocycles. The van der Waals surface area contributed by atoms with Crippen molar-refractivity contribution < 1.29 is 0 Å². The van der Waals surface area contributed by atoms with Crippen LogP contribution in [0, 0.1) is 0 Å². The fraction of sp³-hybridized carbons (Fsp3) is 0.625. The molecule has 0 aromatic carbocycles. The lowest BCUT2D eigenvalue weighted by Crippen LogP contribution is -2.08. The molecular formula is C8H16N2. The molecular weight excluding hydrogens is 124 g/mol. The highest BCUT2D eigenvalue weighted by atomic mass is 14.8. The van der Waals surface area contributed by atoms with Crippen molar-refractivity contribution in [2.24, 2.45) is 4.99 Å². The molecule has 0 rings (SSSR count). The lowest BCUT2D eigenvalue weighted by atomic mass is 10.1. The van der Waals surface area contributed by atoms with Crippen LogP contribution in [-0.2, 0) is 0 Å². The number of hydrogen-bond donors (Lipinski definition) is 1. The van der Waals surface area contributed by atoms with Crippen molar-refractivity contribution in [3.63, 3.8) is 0 Å². The molecule has 0 atom stereocenters. The van der Waals surface area contributed by atoms with Gasteiger partial charge in [-0.1, -0.05) is 0 Å². The maximum atomic E-state index is 4.08. The van der Waals surface area contributed by atoms with Gasteiger partial charge in [-0.15, -0.1) is 0 Å². The van der Waals surface area contributed by atoms with Crippen molar-refractivity contribution in [3.8, 4) is 0 Å². The molecule has 10 heavy (non-hydrogen) atoms. The van der Waals surface area contributed by atoms with Crippen LogP contribution in [0.4, 0.5) is 0 Å². The molecule has 58 valence electrons. The normalized spacial score (nSPS) is 14.7. The zero-order chi connectivity index (χ0) is 8.15. The second kappa shape index (κ2) is 4.09. The van der Waals surface area contributed by atoms with Gasteiger partial charge in [-0.3, -0.25) is 4.99 Å². The second-order valence-corrected chi connectivity index (χ2v) is 2.31. The van der Waals surface area contributed by atoms with Gasteiger partial charge in [0.1, 0.15) is 0 Å². The number of nitrogens with one attached hydrogen (secondary N) is 1. The van der Waals surface area contributed by atoms with E-state index < -0.39 is 0 Å². The van der Waals surface area contributed by atoms with E-state index in [1.807, 2.05) is 27.9 Å². The van der Waals surface area contributed by atoms with Gasteiger partial charge >= 0.3 is 0 Å². The zero-order valence-electron chi connectivity index (χ0n) is 7.45. The Hall–Kier alpha value is -0.790. The largest absolute Gasteiger partial charge is 0.391 e. The molecule has 0 saturated carbocycles. The summed E-state index contributed by atoms with van der Waals surface area (Å²) in [6.07, 6.45) is 0. The first-order valence-electron chi connectivity index (χ1n) is 3.42. The third-order valence-corrected chi connectivity index (χ3v) is 1.82. The lowest BCUT2D eigenvalue weighted by Gasteiger charge is -2.05. The van der Waals surface area contributed by atoms with Crippen LogP contribution in [0.5, 0.6) is 0 Å². The molecule has 1 N–H and O–H groups in total. The van der Waals surface area contributed by atoms with Crippen LogP contribution in [-0.4, -0.2) is 19.8 Å². The Bertz CT molecular complexity index is 166. The Morgan fingerprint density at radius 3 is 2.00 bits per heavy atom. The van der Waals surface area contributed by atoms with Gasteiger partial charge in [-0.2, -0.15) is 0 Å². The number of allylic oxidation sites excluding steroid dienone is 2. The highest BCUT2D eigenvalue weighted by Crippen LogP contribution is 2.01. The topological polar surface area (TPSA) is 24.4 Å². The minimum absolute atomic E-state index is 1.09. The fourth-order valence-electron chi connectivity index (χ4n) is 0.627. The first kappa shape index (κ1) is 9.21. The Kier molecular flexibility index (Phi) is 3.77. The molecule has 0 aliphatic heterocycles. The summed E-state index contributed by atoms with van der Waals surface area (Å²) in [7, 11) is 3.73. The van der Waals surface area contributed by atoms with Crippen molar-refractivity contribution in [2.45, 2.75) is 20.8 Å². The predicted molar refractivity (Wildman–Crippen MR) is 46.5 cm³/mol. The van der Waals surface area contributed by atoms with E-state index >= 15 is 0 Å². The van der Waals surface area contributed by atoms with Crippen LogP contribution in [0.3, 0.4) is 0 Å². The third-order valence-electron chi connectivity index (χ3n) is 1.82. The van der Waals surface area contributed by atoms with Crippen LogP contribution in [0.15, 0.2) is 16.3 Å². The van der Waals surface area contributed by atoms with E-state index in [0.29, 0.717) is 0 Å². The Morgan fingerprint density at radius 2 is 1.70 bits per heavy atom. The van der Waals surface area contributed by atoms with Gasteiger partial charge in [-0.05, 0) is 26.3 Å². The summed E-state index contributed by atoms with van der Waals surface area (Å²) < 4.78 is 0. The molecule has 2 heteroatoms. The van der Waals surface area contributed by atoms with Gasteiger partial charge in [0.05, 0.1) is 0 Å². The van der Waals surface area contributed by atoms with Crippen LogP contribution < -0.4 is 5.32 Å². The van der Waals surface area contributed by atoms with Gasteiger partial charge in [0.15, 0.2) is 0 Å². The number of hydrogen-bond acceptors (Lipinski definition) is 2. The Morgan fingerprint density at radius 1 is 1.20 bits per heavy atom. The van der Waals surface area contributed by atoms with Crippen molar-refractivity contribution >= 4 is 5.71 Å². The molecule has 0 aliphatic rings. The van der Waals surface area contributed by atoms with E-state index in [1.165, 1.54) is 11.3 Å². The van der Waals surface area contributed by atoms with Gasteiger partial charge < -0.3 is 5.32 Å². The molecule has 0 aromatic rings. The highest BCUT2D eigenvalue weighted by Gasteiger charge is 1.96. The van der Waals surface area contributed by atoms with Crippen molar-refractivity contribution in [1.82, 2.24) is 5.32 Å². The monoisotopic (exact) mass is 140 g/mol. The summed E-state index contributed by atoms with van der Waals surface area (Å²) in [5.74, 6) is 0. The minimum Gasteiger partial charge on any atom is -0.391 e. The molecule has 0 amide bonds. The maximum absolute atomic E-state index is 4.08. The standard InChI is InChI=1S/C8H16N2/c1-6(7(2)9-4)8(3)10-5/h9H,1-5H3/b7-6+,10-8-. The molecule has 0 saturated heterocycles. The van der Waals surface area contributed by atoms with Gasteiger partial charge in [-0.25, -0.2) is 0 Å². The Balaban J connectivity index is 4.46. The zero-order valence-corrected chi connectivity index (χ0v) is 7.45. The number of aliphatic imine (C=N–C) groups is 1. The van der Waals surface area contributed by atoms with Crippen LogP contribution >= 0.6 is 0 Å². The quantitative estimate of drug-likeness (QED) is 0.579. The molecule has 0 fully saturated rings. The van der Waals surface area contributed by atoms with Crippen LogP contribution in [0.25, 0.3) is 0 Å². The summed E-state index contributed by atoms with van der Waals surface area (Å²) in [6.45, 7) is 6.12. The molecule has 0 aromatic heterocycles. The Labute approximate surface area is 63.0 Å². The van der Waals surface area contributed by atoms with E-state index in [4.69, 9.17) is 0 Å². The van der Waals surface area contributed by atoms with Crippen LogP contribution in [0.2, 0.25) is 0 Å². The van der Waals surface area contributed by atoms with Gasteiger partial charge in [0.25, 0.3) is 0 Å². The summed E-state index contributed by atoms with van der Waals surface area (Å²) in [4.78, 5) is 4.08. The predicted octanol–water partition coefficient (Wildman–Crippen LogP) is 1.59. The lowest BCUT2D eigenvalue weighted by molar-refractivity contribution is 0.972.